The fraction of sp³-hybridized carbons (Fsp3) is 0.125. The standard InChI is InChI=1S/C24H19N3O3S/c1-31(29,30)23-11-9-20(10-12-23)17-27-24(28)21-13-14-26-22(15-21)4-2-3-18-5-7-19(16-25)8-6-18/h5-15H,3,17H2,1H3,(H,27,28). The van der Waals surface area contributed by atoms with Crippen molar-refractivity contribution in [2.45, 2.75) is 17.9 Å². The van der Waals surface area contributed by atoms with Crippen LogP contribution < -0.4 is 5.32 Å². The van der Waals surface area contributed by atoms with Crippen molar-refractivity contribution >= 4 is 15.7 Å². The number of nitriles is 1. The van der Waals surface area contributed by atoms with Gasteiger partial charge in [-0.15, -0.1) is 0 Å². The average Bonchev–Trinajstić information content (AvgIpc) is 2.78. The Bertz CT molecular complexity index is 1300. The third kappa shape index (κ3) is 6.27. The van der Waals surface area contributed by atoms with Crippen molar-refractivity contribution in [3.05, 3.63) is 94.8 Å². The Labute approximate surface area is 181 Å². The Balaban J connectivity index is 1.60. The van der Waals surface area contributed by atoms with E-state index in [2.05, 4.69) is 28.2 Å². The van der Waals surface area contributed by atoms with E-state index in [0.29, 0.717) is 23.2 Å². The quantitative estimate of drug-likeness (QED) is 0.629. The van der Waals surface area contributed by atoms with Gasteiger partial charge in [-0.1, -0.05) is 30.2 Å². The van der Waals surface area contributed by atoms with E-state index in [1.54, 1.807) is 36.4 Å². The van der Waals surface area contributed by atoms with E-state index in [1.807, 2.05) is 12.1 Å². The van der Waals surface area contributed by atoms with Crippen LogP contribution in [0.25, 0.3) is 0 Å². The van der Waals surface area contributed by atoms with Gasteiger partial charge < -0.3 is 5.32 Å². The summed E-state index contributed by atoms with van der Waals surface area (Å²) in [6, 6.07) is 18.9. The lowest BCUT2D eigenvalue weighted by Gasteiger charge is -2.06. The van der Waals surface area contributed by atoms with E-state index in [-0.39, 0.29) is 17.3 Å². The van der Waals surface area contributed by atoms with E-state index in [4.69, 9.17) is 5.26 Å². The van der Waals surface area contributed by atoms with Gasteiger partial charge in [0.15, 0.2) is 9.84 Å². The van der Waals surface area contributed by atoms with Crippen LogP contribution in [0.15, 0.2) is 71.8 Å². The molecule has 1 aromatic heterocycles. The molecule has 31 heavy (non-hydrogen) atoms. The van der Waals surface area contributed by atoms with Gasteiger partial charge in [-0.3, -0.25) is 4.79 Å². The van der Waals surface area contributed by atoms with E-state index < -0.39 is 9.84 Å². The number of aromatic nitrogens is 1. The molecule has 0 saturated heterocycles. The molecule has 3 rings (SSSR count). The molecule has 0 radical (unpaired) electrons. The van der Waals surface area contributed by atoms with Gasteiger partial charge in [0, 0.05) is 31.0 Å². The second-order valence-corrected chi connectivity index (χ2v) is 8.83. The molecule has 0 atom stereocenters. The van der Waals surface area contributed by atoms with Gasteiger partial charge in [0.1, 0.15) is 5.69 Å². The normalized spacial score (nSPS) is 10.5. The Hall–Kier alpha value is -3.94. The zero-order chi connectivity index (χ0) is 22.3. The lowest BCUT2D eigenvalue weighted by atomic mass is 10.1. The molecule has 6 nitrogen and oxygen atoms in total. The SMILES string of the molecule is CS(=O)(=O)c1ccc(CNC(=O)c2ccnc(C#CCc3ccc(C#N)cc3)c2)cc1. The Kier molecular flexibility index (Phi) is 6.81. The summed E-state index contributed by atoms with van der Waals surface area (Å²) in [5.74, 6) is 5.70. The fourth-order valence-corrected chi connectivity index (χ4v) is 3.34. The molecule has 2 aromatic carbocycles. The average molecular weight is 430 g/mol. The molecule has 0 saturated carbocycles. The highest BCUT2D eigenvalue weighted by Gasteiger charge is 2.08. The van der Waals surface area contributed by atoms with Gasteiger partial charge in [-0.2, -0.15) is 5.26 Å². The van der Waals surface area contributed by atoms with Crippen molar-refractivity contribution in [2.75, 3.05) is 6.26 Å². The molecule has 3 aromatic rings. The highest BCUT2D eigenvalue weighted by molar-refractivity contribution is 7.90. The van der Waals surface area contributed by atoms with Crippen LogP contribution in [0, 0.1) is 23.2 Å². The minimum atomic E-state index is -3.25. The topological polar surface area (TPSA) is 99.9 Å². The van der Waals surface area contributed by atoms with E-state index >= 15 is 0 Å². The van der Waals surface area contributed by atoms with Gasteiger partial charge in [-0.25, -0.2) is 13.4 Å². The number of hydrogen-bond acceptors (Lipinski definition) is 5. The van der Waals surface area contributed by atoms with Gasteiger partial charge in [0.05, 0.1) is 16.5 Å². The second-order valence-electron chi connectivity index (χ2n) is 6.82. The van der Waals surface area contributed by atoms with Gasteiger partial charge in [0.2, 0.25) is 0 Å². The number of carbonyl (C=O) groups is 1. The molecule has 0 bridgehead atoms. The number of amides is 1. The van der Waals surface area contributed by atoms with Crippen LogP contribution in [0.4, 0.5) is 0 Å². The lowest BCUT2D eigenvalue weighted by molar-refractivity contribution is 0.0950. The van der Waals surface area contributed by atoms with Crippen LogP contribution in [0.3, 0.4) is 0 Å². The molecule has 0 aliphatic carbocycles. The molecule has 1 heterocycles. The summed E-state index contributed by atoms with van der Waals surface area (Å²) in [6.45, 7) is 0.269. The largest absolute Gasteiger partial charge is 0.348 e. The molecule has 0 unspecified atom stereocenters. The summed E-state index contributed by atoms with van der Waals surface area (Å²) in [5.41, 5.74) is 3.30. The third-order valence-corrected chi connectivity index (χ3v) is 5.55. The number of hydrogen-bond donors (Lipinski definition) is 1. The van der Waals surface area contributed by atoms with E-state index in [0.717, 1.165) is 17.4 Å². The number of sulfone groups is 1. The third-order valence-electron chi connectivity index (χ3n) is 4.42. The first-order chi connectivity index (χ1) is 14.8. The summed E-state index contributed by atoms with van der Waals surface area (Å²) in [5, 5.41) is 11.6. The molecule has 1 amide bonds. The van der Waals surface area contributed by atoms with Crippen molar-refractivity contribution in [3.8, 4) is 17.9 Å². The maximum Gasteiger partial charge on any atom is 0.251 e. The van der Waals surface area contributed by atoms with Gasteiger partial charge in [-0.05, 0) is 53.4 Å². The van der Waals surface area contributed by atoms with Crippen molar-refractivity contribution in [1.82, 2.24) is 10.3 Å². The number of carbonyl (C=O) groups excluding carboxylic acids is 1. The summed E-state index contributed by atoms with van der Waals surface area (Å²) < 4.78 is 23.0. The van der Waals surface area contributed by atoms with Crippen molar-refractivity contribution in [3.63, 3.8) is 0 Å². The van der Waals surface area contributed by atoms with Crippen molar-refractivity contribution in [1.29, 1.82) is 5.26 Å². The van der Waals surface area contributed by atoms with Crippen LogP contribution in [0.2, 0.25) is 0 Å². The predicted octanol–water partition coefficient (Wildman–Crippen LogP) is 2.88. The summed E-state index contributed by atoms with van der Waals surface area (Å²) >= 11 is 0. The molecular weight excluding hydrogens is 410 g/mol. The molecule has 0 aliphatic heterocycles. The fourth-order valence-electron chi connectivity index (χ4n) is 2.71. The Morgan fingerprint density at radius 1 is 1.03 bits per heavy atom. The number of rotatable bonds is 5. The van der Waals surface area contributed by atoms with Crippen molar-refractivity contribution in [2.24, 2.45) is 0 Å². The van der Waals surface area contributed by atoms with E-state index in [9.17, 15) is 13.2 Å². The first-order valence-corrected chi connectivity index (χ1v) is 11.3. The van der Waals surface area contributed by atoms with Crippen LogP contribution >= 0.6 is 0 Å². The molecule has 0 fully saturated rings. The number of benzene rings is 2. The highest BCUT2D eigenvalue weighted by Crippen LogP contribution is 2.10. The molecule has 7 heteroatoms. The first kappa shape index (κ1) is 21.8. The monoisotopic (exact) mass is 429 g/mol. The molecule has 0 spiro atoms. The second kappa shape index (κ2) is 9.71. The zero-order valence-corrected chi connectivity index (χ0v) is 17.6. The Morgan fingerprint density at radius 3 is 2.35 bits per heavy atom. The Morgan fingerprint density at radius 2 is 1.71 bits per heavy atom. The minimum absolute atomic E-state index is 0.237. The smallest absolute Gasteiger partial charge is 0.251 e. The van der Waals surface area contributed by atoms with Gasteiger partial charge in [0.25, 0.3) is 5.91 Å². The highest BCUT2D eigenvalue weighted by atomic mass is 32.2. The molecular formula is C24H19N3O3S. The maximum absolute atomic E-state index is 12.4. The number of nitrogens with zero attached hydrogens (tertiary/aromatic N) is 2. The van der Waals surface area contributed by atoms with Crippen molar-refractivity contribution < 1.29 is 13.2 Å². The minimum Gasteiger partial charge on any atom is -0.348 e. The van der Waals surface area contributed by atoms with E-state index in [1.165, 1.54) is 18.3 Å². The van der Waals surface area contributed by atoms with Crippen LogP contribution in [-0.4, -0.2) is 25.6 Å². The first-order valence-electron chi connectivity index (χ1n) is 9.36. The molecule has 1 N–H and O–H groups in total. The van der Waals surface area contributed by atoms with Crippen LogP contribution in [0.5, 0.6) is 0 Å². The molecule has 154 valence electrons. The maximum atomic E-state index is 12.4. The predicted molar refractivity (Wildman–Crippen MR) is 117 cm³/mol. The summed E-state index contributed by atoms with van der Waals surface area (Å²) in [4.78, 5) is 16.9. The lowest BCUT2D eigenvalue weighted by Crippen LogP contribution is -2.23. The molecule has 0 aliphatic rings. The number of pyridine rings is 1. The van der Waals surface area contributed by atoms with Crippen LogP contribution in [0.1, 0.15) is 32.7 Å². The summed E-state index contributed by atoms with van der Waals surface area (Å²) in [6.07, 6.45) is 3.19. The van der Waals surface area contributed by atoms with Crippen LogP contribution in [-0.2, 0) is 22.8 Å². The summed E-state index contributed by atoms with van der Waals surface area (Å²) in [7, 11) is -3.25. The van der Waals surface area contributed by atoms with Gasteiger partial charge >= 0.3 is 0 Å². The number of nitrogens with one attached hydrogen (secondary N) is 1. The zero-order valence-electron chi connectivity index (χ0n) is 16.8.